The Morgan fingerprint density at radius 2 is 2.21 bits per heavy atom. The molecular formula is C9H16ClN3O. The number of nitrogens with one attached hydrogen (secondary N) is 2. The Hall–Kier alpha value is -0.740. The predicted molar refractivity (Wildman–Crippen MR) is 56.9 cm³/mol. The van der Waals surface area contributed by atoms with E-state index < -0.39 is 0 Å². The van der Waals surface area contributed by atoms with Crippen molar-refractivity contribution in [3.63, 3.8) is 0 Å². The first kappa shape index (κ1) is 11.3. The van der Waals surface area contributed by atoms with Crippen LogP contribution in [0.4, 0.5) is 0 Å². The zero-order valence-electron chi connectivity index (χ0n) is 8.03. The first-order chi connectivity index (χ1) is 6.45. The molecule has 2 N–H and O–H groups in total. The van der Waals surface area contributed by atoms with Gasteiger partial charge in [0.1, 0.15) is 0 Å². The van der Waals surface area contributed by atoms with E-state index in [-0.39, 0.29) is 12.4 Å². The number of H-pyrrole nitrogens is 1. The van der Waals surface area contributed by atoms with Gasteiger partial charge >= 0.3 is 0 Å². The third kappa shape index (κ3) is 3.20. The molecule has 1 saturated heterocycles. The standard InChI is InChI=1S/C9H15N3O.ClH/c1-4-10-5-2-8(1)7-13-9-3-6-11-12-9;/h3,6,8,10H,1-2,4-5,7H2,(H,11,12);1H. The Bertz CT molecular complexity index is 234. The topological polar surface area (TPSA) is 49.9 Å². The van der Waals surface area contributed by atoms with Gasteiger partial charge in [-0.05, 0) is 31.8 Å². The van der Waals surface area contributed by atoms with Crippen LogP contribution < -0.4 is 10.1 Å². The molecule has 1 aliphatic rings. The average molecular weight is 218 g/mol. The number of aromatic nitrogens is 2. The van der Waals surface area contributed by atoms with Crippen LogP contribution in [0.2, 0.25) is 0 Å². The zero-order chi connectivity index (χ0) is 8.93. The van der Waals surface area contributed by atoms with Crippen molar-refractivity contribution in [2.75, 3.05) is 19.7 Å². The Balaban J connectivity index is 0.000000980. The number of aromatic amines is 1. The van der Waals surface area contributed by atoms with E-state index in [1.165, 1.54) is 12.8 Å². The fourth-order valence-electron chi connectivity index (χ4n) is 1.58. The molecule has 0 aromatic carbocycles. The normalized spacial score (nSPS) is 17.4. The molecule has 4 nitrogen and oxygen atoms in total. The van der Waals surface area contributed by atoms with E-state index in [0.717, 1.165) is 25.6 Å². The van der Waals surface area contributed by atoms with Crippen molar-refractivity contribution in [1.82, 2.24) is 15.5 Å². The molecule has 0 amide bonds. The highest BCUT2D eigenvalue weighted by atomic mass is 35.5. The molecule has 80 valence electrons. The quantitative estimate of drug-likeness (QED) is 0.800. The maximum atomic E-state index is 5.54. The lowest BCUT2D eigenvalue weighted by Crippen LogP contribution is -2.30. The minimum Gasteiger partial charge on any atom is -0.478 e. The third-order valence-electron chi connectivity index (χ3n) is 2.41. The predicted octanol–water partition coefficient (Wildman–Crippen LogP) is 1.21. The number of rotatable bonds is 3. The molecule has 0 unspecified atom stereocenters. The summed E-state index contributed by atoms with van der Waals surface area (Å²) in [4.78, 5) is 0. The van der Waals surface area contributed by atoms with Gasteiger partial charge in [0.25, 0.3) is 0 Å². The first-order valence-electron chi connectivity index (χ1n) is 4.78. The zero-order valence-corrected chi connectivity index (χ0v) is 8.85. The Labute approximate surface area is 89.8 Å². The van der Waals surface area contributed by atoms with Gasteiger partial charge < -0.3 is 10.1 Å². The number of hydrogen-bond acceptors (Lipinski definition) is 3. The van der Waals surface area contributed by atoms with E-state index in [4.69, 9.17) is 4.74 Å². The number of piperidine rings is 1. The monoisotopic (exact) mass is 217 g/mol. The van der Waals surface area contributed by atoms with Gasteiger partial charge in [-0.15, -0.1) is 12.4 Å². The summed E-state index contributed by atoms with van der Waals surface area (Å²) in [5.41, 5.74) is 0. The Morgan fingerprint density at radius 1 is 1.43 bits per heavy atom. The van der Waals surface area contributed by atoms with Crippen molar-refractivity contribution in [3.05, 3.63) is 12.3 Å². The van der Waals surface area contributed by atoms with Gasteiger partial charge in [-0.3, -0.25) is 0 Å². The van der Waals surface area contributed by atoms with Gasteiger partial charge in [-0.25, -0.2) is 5.10 Å². The molecule has 5 heteroatoms. The van der Waals surface area contributed by atoms with Gasteiger partial charge in [0.2, 0.25) is 5.88 Å². The molecule has 0 saturated carbocycles. The maximum Gasteiger partial charge on any atom is 0.209 e. The second kappa shape index (κ2) is 5.88. The Morgan fingerprint density at radius 3 is 2.86 bits per heavy atom. The van der Waals surface area contributed by atoms with Crippen molar-refractivity contribution in [3.8, 4) is 5.88 Å². The minimum absolute atomic E-state index is 0. The van der Waals surface area contributed by atoms with Gasteiger partial charge in [0, 0.05) is 6.07 Å². The highest BCUT2D eigenvalue weighted by molar-refractivity contribution is 5.85. The van der Waals surface area contributed by atoms with Crippen LogP contribution in [0.15, 0.2) is 12.3 Å². The van der Waals surface area contributed by atoms with Crippen LogP contribution >= 0.6 is 12.4 Å². The van der Waals surface area contributed by atoms with Crippen molar-refractivity contribution in [2.45, 2.75) is 12.8 Å². The number of ether oxygens (including phenoxy) is 1. The average Bonchev–Trinajstić information content (AvgIpc) is 2.69. The molecule has 0 spiro atoms. The summed E-state index contributed by atoms with van der Waals surface area (Å²) in [6.45, 7) is 3.05. The van der Waals surface area contributed by atoms with Crippen LogP contribution in [-0.4, -0.2) is 29.9 Å². The molecule has 1 aromatic rings. The molecule has 14 heavy (non-hydrogen) atoms. The second-order valence-corrected chi connectivity index (χ2v) is 3.43. The van der Waals surface area contributed by atoms with Gasteiger partial charge in [-0.1, -0.05) is 0 Å². The molecule has 2 heterocycles. The lowest BCUT2D eigenvalue weighted by atomic mass is 9.99. The molecular weight excluding hydrogens is 202 g/mol. The number of nitrogens with zero attached hydrogens (tertiary/aromatic N) is 1. The number of hydrogen-bond donors (Lipinski definition) is 2. The SMILES string of the molecule is Cl.c1cc(OCC2CCNCC2)[nH]n1. The number of halogens is 1. The van der Waals surface area contributed by atoms with Crippen LogP contribution in [0, 0.1) is 5.92 Å². The largest absolute Gasteiger partial charge is 0.478 e. The smallest absolute Gasteiger partial charge is 0.209 e. The first-order valence-corrected chi connectivity index (χ1v) is 4.78. The van der Waals surface area contributed by atoms with Gasteiger partial charge in [0.05, 0.1) is 12.8 Å². The lowest BCUT2D eigenvalue weighted by Gasteiger charge is -2.21. The fraction of sp³-hybridized carbons (Fsp3) is 0.667. The highest BCUT2D eigenvalue weighted by Crippen LogP contribution is 2.13. The summed E-state index contributed by atoms with van der Waals surface area (Å²) in [5.74, 6) is 1.48. The van der Waals surface area contributed by atoms with Crippen LogP contribution in [-0.2, 0) is 0 Å². The second-order valence-electron chi connectivity index (χ2n) is 3.43. The molecule has 2 rings (SSSR count). The summed E-state index contributed by atoms with van der Waals surface area (Å²) < 4.78 is 5.54. The molecule has 0 radical (unpaired) electrons. The maximum absolute atomic E-state index is 5.54. The summed E-state index contributed by atoms with van der Waals surface area (Å²) in [6, 6.07) is 1.85. The summed E-state index contributed by atoms with van der Waals surface area (Å²) >= 11 is 0. The third-order valence-corrected chi connectivity index (χ3v) is 2.41. The minimum atomic E-state index is 0. The van der Waals surface area contributed by atoms with Crippen LogP contribution in [0.5, 0.6) is 5.88 Å². The fourth-order valence-corrected chi connectivity index (χ4v) is 1.58. The molecule has 1 aliphatic heterocycles. The summed E-state index contributed by atoms with van der Waals surface area (Å²) in [7, 11) is 0. The van der Waals surface area contributed by atoms with E-state index in [0.29, 0.717) is 5.92 Å². The van der Waals surface area contributed by atoms with Crippen LogP contribution in [0.25, 0.3) is 0 Å². The van der Waals surface area contributed by atoms with Crippen molar-refractivity contribution >= 4 is 12.4 Å². The molecule has 1 aromatic heterocycles. The molecule has 0 bridgehead atoms. The summed E-state index contributed by atoms with van der Waals surface area (Å²) in [6.07, 6.45) is 4.14. The van der Waals surface area contributed by atoms with Crippen molar-refractivity contribution in [1.29, 1.82) is 0 Å². The molecule has 0 aliphatic carbocycles. The van der Waals surface area contributed by atoms with Crippen LogP contribution in [0.3, 0.4) is 0 Å². The van der Waals surface area contributed by atoms with Crippen molar-refractivity contribution in [2.24, 2.45) is 5.92 Å². The van der Waals surface area contributed by atoms with Crippen LogP contribution in [0.1, 0.15) is 12.8 Å². The molecule has 1 fully saturated rings. The lowest BCUT2D eigenvalue weighted by molar-refractivity contribution is 0.209. The van der Waals surface area contributed by atoms with E-state index in [9.17, 15) is 0 Å². The Kier molecular flexibility index (Phi) is 4.76. The van der Waals surface area contributed by atoms with Gasteiger partial charge in [-0.2, -0.15) is 5.10 Å². The van der Waals surface area contributed by atoms with E-state index in [2.05, 4.69) is 15.5 Å². The highest BCUT2D eigenvalue weighted by Gasteiger charge is 2.13. The van der Waals surface area contributed by atoms with E-state index in [1.807, 2.05) is 6.07 Å². The molecule has 0 atom stereocenters. The van der Waals surface area contributed by atoms with Gasteiger partial charge in [0.15, 0.2) is 0 Å². The summed E-state index contributed by atoms with van der Waals surface area (Å²) in [5, 5.41) is 9.94. The van der Waals surface area contributed by atoms with Crippen molar-refractivity contribution < 1.29 is 4.74 Å². The van der Waals surface area contributed by atoms with E-state index in [1.54, 1.807) is 6.20 Å². The van der Waals surface area contributed by atoms with E-state index >= 15 is 0 Å².